The molecule has 0 aliphatic carbocycles. The van der Waals surface area contributed by atoms with Crippen LogP contribution in [0, 0.1) is 13.8 Å². The summed E-state index contributed by atoms with van der Waals surface area (Å²) in [5.74, 6) is 0.356. The van der Waals surface area contributed by atoms with Gasteiger partial charge in [0, 0.05) is 17.8 Å². The molecular formula is C24H30N6O. The van der Waals surface area contributed by atoms with Crippen LogP contribution in [0.5, 0.6) is 0 Å². The molecule has 1 atom stereocenters. The maximum absolute atomic E-state index is 12.8. The zero-order valence-electron chi connectivity index (χ0n) is 18.5. The van der Waals surface area contributed by atoms with Crippen molar-refractivity contribution in [3.8, 4) is 11.4 Å². The van der Waals surface area contributed by atoms with Gasteiger partial charge in [-0.25, -0.2) is 0 Å². The van der Waals surface area contributed by atoms with Crippen LogP contribution in [0.1, 0.15) is 48.9 Å². The van der Waals surface area contributed by atoms with Crippen LogP contribution in [-0.2, 0) is 11.3 Å². The van der Waals surface area contributed by atoms with E-state index in [2.05, 4.69) is 37.8 Å². The second-order valence-corrected chi connectivity index (χ2v) is 8.40. The van der Waals surface area contributed by atoms with Gasteiger partial charge in [0.1, 0.15) is 6.04 Å². The van der Waals surface area contributed by atoms with Gasteiger partial charge >= 0.3 is 0 Å². The summed E-state index contributed by atoms with van der Waals surface area (Å²) in [5.41, 5.74) is 5.08. The molecule has 1 amide bonds. The average molecular weight is 419 g/mol. The lowest BCUT2D eigenvalue weighted by Crippen LogP contribution is -2.29. The monoisotopic (exact) mass is 418 g/mol. The van der Waals surface area contributed by atoms with Gasteiger partial charge in [-0.3, -0.25) is 9.69 Å². The van der Waals surface area contributed by atoms with E-state index in [1.165, 1.54) is 42.7 Å². The normalized spacial score (nSPS) is 15.6. The minimum atomic E-state index is -0.571. The summed E-state index contributed by atoms with van der Waals surface area (Å²) < 4.78 is 0. The SMILES string of the molecule is Cc1cccc(C)c1NC(=O)C(C)n1nnc(-c2ccc(CN3CCCCC3)cc2)n1. The molecule has 1 fully saturated rings. The molecule has 1 aliphatic heterocycles. The molecule has 31 heavy (non-hydrogen) atoms. The standard InChI is InChI=1S/C24H30N6O/c1-17-8-7-9-18(2)22(17)25-24(31)19(3)30-27-23(26-28-30)21-12-10-20(11-13-21)16-29-14-5-4-6-15-29/h7-13,19H,4-6,14-16H2,1-3H3,(H,25,31). The lowest BCUT2D eigenvalue weighted by Gasteiger charge is -2.26. The number of amides is 1. The fourth-order valence-electron chi connectivity index (χ4n) is 3.98. The van der Waals surface area contributed by atoms with Crippen molar-refractivity contribution in [3.05, 3.63) is 59.2 Å². The number of piperidine rings is 1. The number of carbonyl (C=O) groups excluding carboxylic acids is 1. The number of hydrogen-bond donors (Lipinski definition) is 1. The van der Waals surface area contributed by atoms with Crippen LogP contribution in [0.15, 0.2) is 42.5 Å². The quantitative estimate of drug-likeness (QED) is 0.651. The van der Waals surface area contributed by atoms with Crippen LogP contribution in [0.3, 0.4) is 0 Å². The van der Waals surface area contributed by atoms with Crippen LogP contribution < -0.4 is 5.32 Å². The van der Waals surface area contributed by atoms with Crippen molar-refractivity contribution in [1.82, 2.24) is 25.1 Å². The van der Waals surface area contributed by atoms with Gasteiger partial charge in [0.15, 0.2) is 0 Å². The highest BCUT2D eigenvalue weighted by molar-refractivity contribution is 5.94. The van der Waals surface area contributed by atoms with E-state index in [4.69, 9.17) is 0 Å². The second-order valence-electron chi connectivity index (χ2n) is 8.40. The van der Waals surface area contributed by atoms with E-state index in [0.29, 0.717) is 5.82 Å². The van der Waals surface area contributed by atoms with Crippen molar-refractivity contribution >= 4 is 11.6 Å². The smallest absolute Gasteiger partial charge is 0.250 e. The first-order valence-corrected chi connectivity index (χ1v) is 11.0. The van der Waals surface area contributed by atoms with Crippen LogP contribution in [0.25, 0.3) is 11.4 Å². The molecule has 0 bridgehead atoms. The zero-order valence-corrected chi connectivity index (χ0v) is 18.5. The van der Waals surface area contributed by atoms with E-state index in [-0.39, 0.29) is 5.91 Å². The molecule has 3 aromatic rings. The third-order valence-corrected chi connectivity index (χ3v) is 5.95. The molecule has 0 spiro atoms. The Balaban J connectivity index is 1.41. The van der Waals surface area contributed by atoms with Gasteiger partial charge in [-0.1, -0.05) is 48.9 Å². The number of rotatable bonds is 6. The van der Waals surface area contributed by atoms with Gasteiger partial charge in [0.2, 0.25) is 5.82 Å². The highest BCUT2D eigenvalue weighted by atomic mass is 16.2. The Morgan fingerprint density at radius 3 is 2.39 bits per heavy atom. The number of nitrogens with one attached hydrogen (secondary N) is 1. The van der Waals surface area contributed by atoms with Gasteiger partial charge in [-0.2, -0.15) is 4.80 Å². The number of carbonyl (C=O) groups is 1. The highest BCUT2D eigenvalue weighted by Gasteiger charge is 2.20. The Kier molecular flexibility index (Phi) is 6.42. The van der Waals surface area contributed by atoms with Crippen molar-refractivity contribution in [2.75, 3.05) is 18.4 Å². The lowest BCUT2D eigenvalue weighted by atomic mass is 10.1. The summed E-state index contributed by atoms with van der Waals surface area (Å²) in [4.78, 5) is 16.6. The first kappa shape index (κ1) is 21.2. The first-order valence-electron chi connectivity index (χ1n) is 11.0. The van der Waals surface area contributed by atoms with Crippen molar-refractivity contribution < 1.29 is 4.79 Å². The first-order chi connectivity index (χ1) is 15.0. The summed E-state index contributed by atoms with van der Waals surface area (Å²) in [6.07, 6.45) is 3.93. The topological polar surface area (TPSA) is 75.9 Å². The Morgan fingerprint density at radius 1 is 1.03 bits per heavy atom. The number of likely N-dealkylation sites (tertiary alicyclic amines) is 1. The van der Waals surface area contributed by atoms with Crippen LogP contribution in [0.2, 0.25) is 0 Å². The third-order valence-electron chi connectivity index (χ3n) is 5.95. The highest BCUT2D eigenvalue weighted by Crippen LogP contribution is 2.22. The zero-order chi connectivity index (χ0) is 21.8. The third kappa shape index (κ3) is 4.99. The molecule has 1 unspecified atom stereocenters. The Morgan fingerprint density at radius 2 is 1.71 bits per heavy atom. The molecule has 0 radical (unpaired) electrons. The van der Waals surface area contributed by atoms with E-state index in [9.17, 15) is 4.79 Å². The molecule has 162 valence electrons. The van der Waals surface area contributed by atoms with E-state index >= 15 is 0 Å². The molecule has 1 saturated heterocycles. The molecular weight excluding hydrogens is 388 g/mol. The molecule has 2 heterocycles. The number of benzene rings is 2. The summed E-state index contributed by atoms with van der Waals surface area (Å²) >= 11 is 0. The average Bonchev–Trinajstić information content (AvgIpc) is 3.27. The Hall–Kier alpha value is -3.06. The van der Waals surface area contributed by atoms with Crippen molar-refractivity contribution in [2.45, 2.75) is 52.6 Å². The van der Waals surface area contributed by atoms with E-state index in [1.54, 1.807) is 6.92 Å². The number of aromatic nitrogens is 4. The fraction of sp³-hybridized carbons (Fsp3) is 0.417. The number of tetrazole rings is 1. The molecule has 1 aromatic heterocycles. The summed E-state index contributed by atoms with van der Waals surface area (Å²) in [7, 11) is 0. The summed E-state index contributed by atoms with van der Waals surface area (Å²) in [5, 5.41) is 15.7. The minimum absolute atomic E-state index is 0.168. The van der Waals surface area contributed by atoms with Gasteiger partial charge < -0.3 is 5.32 Å². The fourth-order valence-corrected chi connectivity index (χ4v) is 3.98. The second kappa shape index (κ2) is 9.39. The Bertz CT molecular complexity index is 1020. The maximum atomic E-state index is 12.8. The van der Waals surface area contributed by atoms with Crippen LogP contribution >= 0.6 is 0 Å². The Labute approximate surface area is 183 Å². The minimum Gasteiger partial charge on any atom is -0.324 e. The molecule has 1 N–H and O–H groups in total. The van der Waals surface area contributed by atoms with Crippen molar-refractivity contribution in [2.24, 2.45) is 0 Å². The largest absolute Gasteiger partial charge is 0.324 e. The summed E-state index contributed by atoms with van der Waals surface area (Å²) in [6.45, 7) is 9.08. The van der Waals surface area contributed by atoms with E-state index in [0.717, 1.165) is 28.9 Å². The predicted molar refractivity (Wildman–Crippen MR) is 122 cm³/mol. The summed E-state index contributed by atoms with van der Waals surface area (Å²) in [6, 6.07) is 13.7. The number of hydrogen-bond acceptors (Lipinski definition) is 5. The molecule has 1 aliphatic rings. The number of nitrogens with zero attached hydrogens (tertiary/aromatic N) is 5. The van der Waals surface area contributed by atoms with Gasteiger partial charge in [-0.05, 0) is 68.6 Å². The van der Waals surface area contributed by atoms with Crippen LogP contribution in [0.4, 0.5) is 5.69 Å². The van der Waals surface area contributed by atoms with Crippen molar-refractivity contribution in [3.63, 3.8) is 0 Å². The molecule has 2 aromatic carbocycles. The maximum Gasteiger partial charge on any atom is 0.250 e. The molecule has 7 heteroatoms. The predicted octanol–water partition coefficient (Wildman–Crippen LogP) is 4.14. The van der Waals surface area contributed by atoms with Gasteiger partial charge in [0.05, 0.1) is 0 Å². The van der Waals surface area contributed by atoms with Crippen LogP contribution in [-0.4, -0.2) is 44.1 Å². The molecule has 4 rings (SSSR count). The molecule has 7 nitrogen and oxygen atoms in total. The number of aryl methyl sites for hydroxylation is 2. The van der Waals surface area contributed by atoms with E-state index < -0.39 is 6.04 Å². The number of para-hydroxylation sites is 1. The lowest BCUT2D eigenvalue weighted by molar-refractivity contribution is -0.119. The van der Waals surface area contributed by atoms with E-state index in [1.807, 2.05) is 44.2 Å². The van der Waals surface area contributed by atoms with Crippen molar-refractivity contribution in [1.29, 1.82) is 0 Å². The van der Waals surface area contributed by atoms with Gasteiger partial charge in [-0.15, -0.1) is 10.2 Å². The number of anilines is 1. The van der Waals surface area contributed by atoms with Gasteiger partial charge in [0.25, 0.3) is 5.91 Å². The molecule has 0 saturated carbocycles.